The zero-order valence-electron chi connectivity index (χ0n) is 13.4. The van der Waals surface area contributed by atoms with Gasteiger partial charge >= 0.3 is 0 Å². The van der Waals surface area contributed by atoms with Crippen molar-refractivity contribution in [2.24, 2.45) is 0 Å². The van der Waals surface area contributed by atoms with E-state index in [4.69, 9.17) is 11.6 Å². The number of halogens is 1. The van der Waals surface area contributed by atoms with Gasteiger partial charge in [0.1, 0.15) is 5.69 Å². The molecule has 1 atom stereocenters. The third-order valence-corrected chi connectivity index (χ3v) is 4.65. The average Bonchev–Trinajstić information content (AvgIpc) is 2.62. The lowest BCUT2D eigenvalue weighted by molar-refractivity contribution is 0.0575. The number of aromatic nitrogens is 2. The third-order valence-electron chi connectivity index (χ3n) is 4.40. The Kier molecular flexibility index (Phi) is 4.97. The number of piperazine rings is 1. The van der Waals surface area contributed by atoms with Crippen LogP contribution in [0.2, 0.25) is 5.02 Å². The predicted octanol–water partition coefficient (Wildman–Crippen LogP) is 1.94. The van der Waals surface area contributed by atoms with Gasteiger partial charge in [-0.25, -0.2) is 5.10 Å². The summed E-state index contributed by atoms with van der Waals surface area (Å²) in [5.41, 5.74) is 1.17. The normalized spacial score (nSPS) is 16.8. The van der Waals surface area contributed by atoms with Crippen LogP contribution in [0.3, 0.4) is 0 Å². The van der Waals surface area contributed by atoms with E-state index in [9.17, 15) is 9.59 Å². The summed E-state index contributed by atoms with van der Waals surface area (Å²) in [6.45, 7) is 5.01. The van der Waals surface area contributed by atoms with Crippen LogP contribution in [0.5, 0.6) is 0 Å². The van der Waals surface area contributed by atoms with Gasteiger partial charge in [0.15, 0.2) is 0 Å². The molecule has 24 heavy (non-hydrogen) atoms. The quantitative estimate of drug-likeness (QED) is 0.922. The summed E-state index contributed by atoms with van der Waals surface area (Å²) in [5.74, 6) is -0.148. The van der Waals surface area contributed by atoms with Crippen molar-refractivity contribution in [2.75, 3.05) is 26.2 Å². The van der Waals surface area contributed by atoms with Crippen LogP contribution in [-0.2, 0) is 0 Å². The minimum absolute atomic E-state index is 0.148. The maximum Gasteiger partial charge on any atom is 0.274 e. The Balaban J connectivity index is 1.61. The highest BCUT2D eigenvalue weighted by Crippen LogP contribution is 2.23. The standard InChI is InChI=1S/C17H19ClN4O2/c1-12(13-2-4-14(18)5-3-13)21-8-10-22(11-9-21)17(24)15-6-7-16(23)20-19-15/h2-7,12H,8-11H2,1H3,(H,20,23)/t12-/m1/s1. The molecule has 3 rings (SSSR count). The first kappa shape index (κ1) is 16.7. The third kappa shape index (κ3) is 3.66. The van der Waals surface area contributed by atoms with Crippen LogP contribution in [0, 0.1) is 0 Å². The molecule has 7 heteroatoms. The van der Waals surface area contributed by atoms with E-state index in [0.717, 1.165) is 18.1 Å². The number of carbonyl (C=O) groups is 1. The Labute approximate surface area is 145 Å². The van der Waals surface area contributed by atoms with Gasteiger partial charge < -0.3 is 4.90 Å². The van der Waals surface area contributed by atoms with Gasteiger partial charge in [-0.05, 0) is 30.7 Å². The Morgan fingerprint density at radius 2 is 1.79 bits per heavy atom. The van der Waals surface area contributed by atoms with Crippen LogP contribution in [0.25, 0.3) is 0 Å². The highest BCUT2D eigenvalue weighted by molar-refractivity contribution is 6.30. The summed E-state index contributed by atoms with van der Waals surface area (Å²) >= 11 is 5.94. The Morgan fingerprint density at radius 1 is 1.12 bits per heavy atom. The van der Waals surface area contributed by atoms with Crippen molar-refractivity contribution < 1.29 is 4.79 Å². The highest BCUT2D eigenvalue weighted by Gasteiger charge is 2.26. The monoisotopic (exact) mass is 346 g/mol. The number of aromatic amines is 1. The molecule has 0 radical (unpaired) electrons. The molecule has 1 fully saturated rings. The molecule has 2 aromatic rings. The molecule has 2 heterocycles. The number of H-pyrrole nitrogens is 1. The minimum atomic E-state index is -0.312. The molecule has 6 nitrogen and oxygen atoms in total. The fourth-order valence-corrected chi connectivity index (χ4v) is 3.02. The molecule has 1 saturated heterocycles. The lowest BCUT2D eigenvalue weighted by atomic mass is 10.1. The summed E-state index contributed by atoms with van der Waals surface area (Å²) in [6, 6.07) is 10.9. The molecular formula is C17H19ClN4O2. The zero-order chi connectivity index (χ0) is 17.1. The molecule has 0 unspecified atom stereocenters. The molecule has 1 amide bonds. The summed E-state index contributed by atoms with van der Waals surface area (Å²) in [7, 11) is 0. The zero-order valence-corrected chi connectivity index (χ0v) is 14.2. The molecular weight excluding hydrogens is 328 g/mol. The van der Waals surface area contributed by atoms with Crippen LogP contribution in [0.15, 0.2) is 41.2 Å². The second kappa shape index (κ2) is 7.15. The van der Waals surface area contributed by atoms with E-state index in [1.807, 2.05) is 24.3 Å². The van der Waals surface area contributed by atoms with Crippen molar-refractivity contribution in [3.63, 3.8) is 0 Å². The summed E-state index contributed by atoms with van der Waals surface area (Å²) in [6.07, 6.45) is 0. The van der Waals surface area contributed by atoms with Crippen molar-refractivity contribution >= 4 is 17.5 Å². The number of nitrogens with zero attached hydrogens (tertiary/aromatic N) is 3. The van der Waals surface area contributed by atoms with Gasteiger partial charge in [-0.15, -0.1) is 0 Å². The Bertz CT molecular complexity index is 746. The van der Waals surface area contributed by atoms with Crippen LogP contribution in [0.4, 0.5) is 0 Å². The number of nitrogens with one attached hydrogen (secondary N) is 1. The fourth-order valence-electron chi connectivity index (χ4n) is 2.89. The predicted molar refractivity (Wildman–Crippen MR) is 92.2 cm³/mol. The molecule has 1 aromatic heterocycles. The number of benzene rings is 1. The van der Waals surface area contributed by atoms with E-state index in [0.29, 0.717) is 13.1 Å². The topological polar surface area (TPSA) is 69.3 Å². The number of hydrogen-bond acceptors (Lipinski definition) is 4. The molecule has 0 aliphatic carbocycles. The van der Waals surface area contributed by atoms with Crippen LogP contribution < -0.4 is 5.56 Å². The Hall–Kier alpha value is -2.18. The van der Waals surface area contributed by atoms with Gasteiger partial charge in [0, 0.05) is 43.3 Å². The average molecular weight is 347 g/mol. The van der Waals surface area contributed by atoms with E-state index in [1.165, 1.54) is 17.7 Å². The molecule has 126 valence electrons. The fraction of sp³-hybridized carbons (Fsp3) is 0.353. The van der Waals surface area contributed by atoms with Crippen molar-refractivity contribution in [3.8, 4) is 0 Å². The van der Waals surface area contributed by atoms with Gasteiger partial charge in [-0.2, -0.15) is 5.10 Å². The molecule has 1 N–H and O–H groups in total. The van der Waals surface area contributed by atoms with Crippen molar-refractivity contribution in [3.05, 3.63) is 63.0 Å². The van der Waals surface area contributed by atoms with Crippen LogP contribution >= 0.6 is 11.6 Å². The molecule has 0 spiro atoms. The second-order valence-electron chi connectivity index (χ2n) is 5.86. The molecule has 1 aliphatic rings. The van der Waals surface area contributed by atoms with Crippen molar-refractivity contribution in [2.45, 2.75) is 13.0 Å². The number of amides is 1. The van der Waals surface area contributed by atoms with E-state index in [1.54, 1.807) is 4.90 Å². The summed E-state index contributed by atoms with van der Waals surface area (Å²) in [5, 5.41) is 6.84. The second-order valence-corrected chi connectivity index (χ2v) is 6.30. The maximum absolute atomic E-state index is 12.4. The van der Waals surface area contributed by atoms with E-state index in [-0.39, 0.29) is 23.2 Å². The van der Waals surface area contributed by atoms with Gasteiger partial charge in [0.2, 0.25) is 0 Å². The lowest BCUT2D eigenvalue weighted by Gasteiger charge is -2.38. The van der Waals surface area contributed by atoms with Crippen molar-refractivity contribution in [1.82, 2.24) is 20.0 Å². The molecule has 1 aromatic carbocycles. The Morgan fingerprint density at radius 3 is 2.38 bits per heavy atom. The van der Waals surface area contributed by atoms with Gasteiger partial charge in [-0.3, -0.25) is 14.5 Å². The maximum atomic E-state index is 12.4. The first-order valence-electron chi connectivity index (χ1n) is 7.89. The largest absolute Gasteiger partial charge is 0.335 e. The van der Waals surface area contributed by atoms with Crippen LogP contribution in [-0.4, -0.2) is 52.1 Å². The number of rotatable bonds is 3. The smallest absolute Gasteiger partial charge is 0.274 e. The number of carbonyl (C=O) groups excluding carboxylic acids is 1. The molecule has 1 aliphatic heterocycles. The summed E-state index contributed by atoms with van der Waals surface area (Å²) < 4.78 is 0. The minimum Gasteiger partial charge on any atom is -0.335 e. The van der Waals surface area contributed by atoms with E-state index in [2.05, 4.69) is 22.0 Å². The van der Waals surface area contributed by atoms with Crippen molar-refractivity contribution in [1.29, 1.82) is 0 Å². The van der Waals surface area contributed by atoms with Gasteiger partial charge in [0.05, 0.1) is 0 Å². The van der Waals surface area contributed by atoms with E-state index >= 15 is 0 Å². The van der Waals surface area contributed by atoms with Gasteiger partial charge in [-0.1, -0.05) is 23.7 Å². The lowest BCUT2D eigenvalue weighted by Crippen LogP contribution is -2.49. The summed E-state index contributed by atoms with van der Waals surface area (Å²) in [4.78, 5) is 27.5. The SMILES string of the molecule is C[C@H](c1ccc(Cl)cc1)N1CCN(C(=O)c2ccc(=O)[nH]n2)CC1. The van der Waals surface area contributed by atoms with Gasteiger partial charge in [0.25, 0.3) is 11.5 Å². The molecule has 0 saturated carbocycles. The highest BCUT2D eigenvalue weighted by atomic mass is 35.5. The van der Waals surface area contributed by atoms with E-state index < -0.39 is 0 Å². The van der Waals surface area contributed by atoms with Crippen LogP contribution in [0.1, 0.15) is 29.0 Å². The first-order valence-corrected chi connectivity index (χ1v) is 8.27. The molecule has 0 bridgehead atoms. The first-order chi connectivity index (χ1) is 11.5. The number of hydrogen-bond donors (Lipinski definition) is 1.